The van der Waals surface area contributed by atoms with E-state index in [9.17, 15) is 0 Å². The SMILES string of the molecule is CCN(CC)CC1=NC(c2ccccc2)CN(C)N1. The third kappa shape index (κ3) is 3.78. The van der Waals surface area contributed by atoms with Crippen LogP contribution in [0.1, 0.15) is 25.5 Å². The summed E-state index contributed by atoms with van der Waals surface area (Å²) in [5, 5.41) is 2.13. The van der Waals surface area contributed by atoms with Crippen molar-refractivity contribution in [1.82, 2.24) is 15.3 Å². The van der Waals surface area contributed by atoms with Crippen LogP contribution in [0.5, 0.6) is 0 Å². The van der Waals surface area contributed by atoms with Crippen LogP contribution in [0.2, 0.25) is 0 Å². The predicted molar refractivity (Wildman–Crippen MR) is 80.2 cm³/mol. The molecular weight excluding hydrogens is 236 g/mol. The van der Waals surface area contributed by atoms with Crippen LogP contribution in [0.3, 0.4) is 0 Å². The maximum absolute atomic E-state index is 4.86. The van der Waals surface area contributed by atoms with Crippen molar-refractivity contribution < 1.29 is 0 Å². The number of hydrazine groups is 1. The summed E-state index contributed by atoms with van der Waals surface area (Å²) in [7, 11) is 2.08. The molecule has 1 atom stereocenters. The van der Waals surface area contributed by atoms with Crippen LogP contribution < -0.4 is 5.43 Å². The van der Waals surface area contributed by atoms with E-state index < -0.39 is 0 Å². The monoisotopic (exact) mass is 260 g/mol. The van der Waals surface area contributed by atoms with E-state index in [0.29, 0.717) is 0 Å². The summed E-state index contributed by atoms with van der Waals surface area (Å²) in [5.41, 5.74) is 4.64. The quantitative estimate of drug-likeness (QED) is 0.877. The van der Waals surface area contributed by atoms with Gasteiger partial charge in [0.1, 0.15) is 5.84 Å². The summed E-state index contributed by atoms with van der Waals surface area (Å²) in [6.07, 6.45) is 0. The number of hydrogen-bond acceptors (Lipinski definition) is 4. The van der Waals surface area contributed by atoms with Crippen LogP contribution in [0, 0.1) is 0 Å². The molecule has 4 nitrogen and oxygen atoms in total. The summed E-state index contributed by atoms with van der Waals surface area (Å²) >= 11 is 0. The van der Waals surface area contributed by atoms with E-state index in [1.54, 1.807) is 0 Å². The Morgan fingerprint density at radius 2 is 1.95 bits per heavy atom. The fourth-order valence-electron chi connectivity index (χ4n) is 2.37. The highest BCUT2D eigenvalue weighted by Gasteiger charge is 2.20. The van der Waals surface area contributed by atoms with Gasteiger partial charge in [0.05, 0.1) is 12.6 Å². The number of benzene rings is 1. The fraction of sp³-hybridized carbons (Fsp3) is 0.533. The zero-order chi connectivity index (χ0) is 13.7. The second-order valence-electron chi connectivity index (χ2n) is 4.96. The lowest BCUT2D eigenvalue weighted by Gasteiger charge is -2.32. The minimum absolute atomic E-state index is 0.234. The van der Waals surface area contributed by atoms with Gasteiger partial charge >= 0.3 is 0 Å². The Balaban J connectivity index is 2.12. The van der Waals surface area contributed by atoms with Gasteiger partial charge in [-0.25, -0.2) is 5.01 Å². The maximum Gasteiger partial charge on any atom is 0.126 e. The average Bonchev–Trinajstić information content (AvgIpc) is 2.45. The topological polar surface area (TPSA) is 30.9 Å². The second kappa shape index (κ2) is 6.68. The highest BCUT2D eigenvalue weighted by atomic mass is 15.5. The van der Waals surface area contributed by atoms with Gasteiger partial charge in [-0.2, -0.15) is 0 Å². The van der Waals surface area contributed by atoms with Crippen molar-refractivity contribution >= 4 is 5.84 Å². The smallest absolute Gasteiger partial charge is 0.126 e. The number of rotatable bonds is 5. The van der Waals surface area contributed by atoms with Crippen molar-refractivity contribution in [3.8, 4) is 0 Å². The van der Waals surface area contributed by atoms with Gasteiger partial charge < -0.3 is 5.43 Å². The molecule has 4 heteroatoms. The predicted octanol–water partition coefficient (Wildman–Crippen LogP) is 1.92. The summed E-state index contributed by atoms with van der Waals surface area (Å²) in [4.78, 5) is 7.23. The molecule has 1 aliphatic heterocycles. The maximum atomic E-state index is 4.86. The molecule has 0 spiro atoms. The van der Waals surface area contributed by atoms with Crippen molar-refractivity contribution in [1.29, 1.82) is 0 Å². The molecular formula is C15H24N4. The molecule has 0 amide bonds. The van der Waals surface area contributed by atoms with Crippen LogP contribution in [0.25, 0.3) is 0 Å². The number of likely N-dealkylation sites (N-methyl/N-ethyl adjacent to an activating group) is 2. The van der Waals surface area contributed by atoms with Gasteiger partial charge in [0.2, 0.25) is 0 Å². The van der Waals surface area contributed by atoms with E-state index >= 15 is 0 Å². The van der Waals surface area contributed by atoms with Gasteiger partial charge in [-0.1, -0.05) is 44.2 Å². The van der Waals surface area contributed by atoms with Crippen LogP contribution >= 0.6 is 0 Å². The number of nitrogens with one attached hydrogen (secondary N) is 1. The van der Waals surface area contributed by atoms with Crippen molar-refractivity contribution in [3.63, 3.8) is 0 Å². The Morgan fingerprint density at radius 1 is 1.26 bits per heavy atom. The lowest BCUT2D eigenvalue weighted by Crippen LogP contribution is -2.49. The largest absolute Gasteiger partial charge is 0.306 e. The first-order valence-electron chi connectivity index (χ1n) is 7.04. The lowest BCUT2D eigenvalue weighted by atomic mass is 10.1. The summed E-state index contributed by atoms with van der Waals surface area (Å²) < 4.78 is 0. The molecule has 2 rings (SSSR count). The average molecular weight is 260 g/mol. The van der Waals surface area contributed by atoms with Gasteiger partial charge in [0, 0.05) is 13.6 Å². The highest BCUT2D eigenvalue weighted by Crippen LogP contribution is 2.20. The number of nitrogens with zero attached hydrogens (tertiary/aromatic N) is 3. The second-order valence-corrected chi connectivity index (χ2v) is 4.96. The molecule has 1 N–H and O–H groups in total. The van der Waals surface area contributed by atoms with Crippen molar-refractivity contribution in [2.45, 2.75) is 19.9 Å². The zero-order valence-corrected chi connectivity index (χ0v) is 12.1. The van der Waals surface area contributed by atoms with Crippen LogP contribution in [-0.2, 0) is 0 Å². The Kier molecular flexibility index (Phi) is 4.93. The molecule has 0 radical (unpaired) electrons. The first kappa shape index (κ1) is 14.0. The van der Waals surface area contributed by atoms with E-state index in [1.165, 1.54) is 5.56 Å². The Morgan fingerprint density at radius 3 is 2.58 bits per heavy atom. The van der Waals surface area contributed by atoms with E-state index in [1.807, 2.05) is 0 Å². The van der Waals surface area contributed by atoms with E-state index in [-0.39, 0.29) is 6.04 Å². The molecule has 1 aromatic rings. The van der Waals surface area contributed by atoms with Crippen molar-refractivity contribution in [2.75, 3.05) is 33.2 Å². The van der Waals surface area contributed by atoms with Gasteiger partial charge in [0.15, 0.2) is 0 Å². The Hall–Kier alpha value is -1.39. The van der Waals surface area contributed by atoms with Crippen molar-refractivity contribution in [2.24, 2.45) is 4.99 Å². The van der Waals surface area contributed by atoms with Crippen molar-refractivity contribution in [3.05, 3.63) is 35.9 Å². The minimum atomic E-state index is 0.234. The summed E-state index contributed by atoms with van der Waals surface area (Å²) in [6.45, 7) is 8.27. The van der Waals surface area contributed by atoms with Gasteiger partial charge in [-0.15, -0.1) is 0 Å². The summed E-state index contributed by atoms with van der Waals surface area (Å²) in [6, 6.07) is 10.8. The molecule has 0 saturated carbocycles. The molecule has 0 bridgehead atoms. The normalized spacial score (nSPS) is 20.2. The molecule has 1 heterocycles. The molecule has 0 aromatic heterocycles. The molecule has 0 aliphatic carbocycles. The molecule has 0 fully saturated rings. The fourth-order valence-corrected chi connectivity index (χ4v) is 2.37. The third-order valence-electron chi connectivity index (χ3n) is 3.53. The van der Waals surface area contributed by atoms with Gasteiger partial charge in [0.25, 0.3) is 0 Å². The number of hydrogen-bond donors (Lipinski definition) is 1. The molecule has 0 saturated heterocycles. The number of aliphatic imine (C=N–C) groups is 1. The first-order valence-corrected chi connectivity index (χ1v) is 7.04. The van der Waals surface area contributed by atoms with E-state index in [2.05, 4.69) is 66.6 Å². The first-order chi connectivity index (χ1) is 9.22. The molecule has 1 aliphatic rings. The molecule has 1 aromatic carbocycles. The van der Waals surface area contributed by atoms with Crippen LogP contribution in [-0.4, -0.2) is 49.0 Å². The van der Waals surface area contributed by atoms with E-state index in [4.69, 9.17) is 4.99 Å². The standard InChI is InChI=1S/C15H24N4/c1-4-19(5-2)12-15-16-14(11-18(3)17-15)13-9-7-6-8-10-13/h6-10,14H,4-5,11-12H2,1-3H3,(H,16,17). The molecule has 1 unspecified atom stereocenters. The Bertz CT molecular complexity index is 411. The number of amidine groups is 1. The highest BCUT2D eigenvalue weighted by molar-refractivity contribution is 5.84. The molecule has 19 heavy (non-hydrogen) atoms. The van der Waals surface area contributed by atoms with Crippen LogP contribution in [0.4, 0.5) is 0 Å². The van der Waals surface area contributed by atoms with Gasteiger partial charge in [-0.3, -0.25) is 9.89 Å². The summed E-state index contributed by atoms with van der Waals surface area (Å²) in [5.74, 6) is 1.06. The molecule has 104 valence electrons. The zero-order valence-electron chi connectivity index (χ0n) is 12.1. The third-order valence-corrected chi connectivity index (χ3v) is 3.53. The Labute approximate surface area is 116 Å². The van der Waals surface area contributed by atoms with E-state index in [0.717, 1.165) is 32.0 Å². The van der Waals surface area contributed by atoms with Crippen LogP contribution in [0.15, 0.2) is 35.3 Å². The van der Waals surface area contributed by atoms with Gasteiger partial charge in [-0.05, 0) is 18.7 Å². The minimum Gasteiger partial charge on any atom is -0.306 e. The lowest BCUT2D eigenvalue weighted by molar-refractivity contribution is 0.244.